The van der Waals surface area contributed by atoms with Gasteiger partial charge in [0.1, 0.15) is 5.01 Å². The van der Waals surface area contributed by atoms with Gasteiger partial charge in [0.05, 0.1) is 11.8 Å². The third-order valence-corrected chi connectivity index (χ3v) is 5.38. The summed E-state index contributed by atoms with van der Waals surface area (Å²) in [5, 5.41) is 0.814. The first kappa shape index (κ1) is 15.6. The first-order valence-corrected chi connectivity index (χ1v) is 8.60. The first-order valence-electron chi connectivity index (χ1n) is 6.13. The zero-order chi connectivity index (χ0) is 13.6. The van der Waals surface area contributed by atoms with Crippen molar-refractivity contribution in [3.05, 3.63) is 16.1 Å². The van der Waals surface area contributed by atoms with E-state index < -0.39 is 10.0 Å². The van der Waals surface area contributed by atoms with Gasteiger partial charge in [0.2, 0.25) is 10.0 Å². The maximum absolute atomic E-state index is 11.8. The minimum atomic E-state index is -3.24. The van der Waals surface area contributed by atoms with Crippen LogP contribution in [-0.4, -0.2) is 25.7 Å². The molecule has 1 rings (SSSR count). The summed E-state index contributed by atoms with van der Waals surface area (Å²) in [6.07, 6.45) is 4.05. The molecule has 0 fully saturated rings. The monoisotopic (exact) mass is 291 g/mol. The topological polar surface area (TPSA) is 85.1 Å². The van der Waals surface area contributed by atoms with E-state index in [9.17, 15) is 8.42 Å². The summed E-state index contributed by atoms with van der Waals surface area (Å²) in [5.41, 5.74) is 5.34. The lowest BCUT2D eigenvalue weighted by Crippen LogP contribution is -2.29. The van der Waals surface area contributed by atoms with Gasteiger partial charge in [-0.25, -0.2) is 18.1 Å². The van der Waals surface area contributed by atoms with Gasteiger partial charge in [-0.05, 0) is 32.7 Å². The Morgan fingerprint density at radius 3 is 2.78 bits per heavy atom. The Kier molecular flexibility index (Phi) is 6.20. The molecule has 1 unspecified atom stereocenters. The van der Waals surface area contributed by atoms with E-state index in [-0.39, 0.29) is 11.8 Å². The molecule has 0 bridgehead atoms. The second-order valence-corrected chi connectivity index (χ2v) is 7.19. The van der Waals surface area contributed by atoms with E-state index in [2.05, 4.69) is 16.6 Å². The second-order valence-electron chi connectivity index (χ2n) is 4.17. The van der Waals surface area contributed by atoms with Crippen molar-refractivity contribution >= 4 is 21.4 Å². The summed E-state index contributed by atoms with van der Waals surface area (Å²) >= 11 is 1.55. The van der Waals surface area contributed by atoms with E-state index >= 15 is 0 Å². The van der Waals surface area contributed by atoms with Crippen LogP contribution in [0.2, 0.25) is 0 Å². The van der Waals surface area contributed by atoms with Crippen LogP contribution in [0.5, 0.6) is 0 Å². The molecule has 0 saturated heterocycles. The van der Waals surface area contributed by atoms with E-state index in [1.54, 1.807) is 17.5 Å². The van der Waals surface area contributed by atoms with Crippen molar-refractivity contribution in [1.29, 1.82) is 0 Å². The number of unbranched alkanes of at least 4 members (excludes halogenated alkanes) is 1. The van der Waals surface area contributed by atoms with Crippen molar-refractivity contribution in [3.63, 3.8) is 0 Å². The third kappa shape index (κ3) is 5.01. The molecule has 5 nitrogen and oxygen atoms in total. The van der Waals surface area contributed by atoms with Crippen LogP contribution in [0.3, 0.4) is 0 Å². The highest BCUT2D eigenvalue weighted by molar-refractivity contribution is 7.89. The van der Waals surface area contributed by atoms with Gasteiger partial charge in [-0.2, -0.15) is 0 Å². The lowest BCUT2D eigenvalue weighted by Gasteiger charge is -2.11. The highest BCUT2D eigenvalue weighted by Crippen LogP contribution is 2.20. The Morgan fingerprint density at radius 2 is 2.22 bits per heavy atom. The van der Waals surface area contributed by atoms with Gasteiger partial charge in [0, 0.05) is 11.1 Å². The lowest BCUT2D eigenvalue weighted by atomic mass is 10.3. The molecule has 0 saturated carbocycles. The second kappa shape index (κ2) is 7.18. The van der Waals surface area contributed by atoms with Gasteiger partial charge in [-0.15, -0.1) is 11.3 Å². The number of aryl methyl sites for hydroxylation is 1. The Hall–Kier alpha value is -0.500. The molecule has 1 aromatic rings. The van der Waals surface area contributed by atoms with Gasteiger partial charge in [-0.3, -0.25) is 0 Å². The Bertz CT molecular complexity index is 457. The minimum absolute atomic E-state index is 0.126. The molecule has 1 atom stereocenters. The van der Waals surface area contributed by atoms with Crippen molar-refractivity contribution in [2.45, 2.75) is 39.2 Å². The average molecular weight is 291 g/mol. The molecule has 0 aromatic carbocycles. The Morgan fingerprint density at radius 1 is 1.50 bits per heavy atom. The van der Waals surface area contributed by atoms with Crippen molar-refractivity contribution in [2.75, 3.05) is 12.3 Å². The molecule has 1 heterocycles. The average Bonchev–Trinajstić information content (AvgIpc) is 2.77. The number of aromatic nitrogens is 1. The van der Waals surface area contributed by atoms with Crippen LogP contribution in [0, 0.1) is 0 Å². The molecule has 0 aliphatic carbocycles. The fourth-order valence-electron chi connectivity index (χ4n) is 1.50. The van der Waals surface area contributed by atoms with Crippen LogP contribution in [0.1, 0.15) is 42.6 Å². The minimum Gasteiger partial charge on any atom is -0.330 e. The van der Waals surface area contributed by atoms with E-state index in [0.29, 0.717) is 13.0 Å². The Labute approximate surface area is 113 Å². The first-order chi connectivity index (χ1) is 8.48. The summed E-state index contributed by atoms with van der Waals surface area (Å²) in [7, 11) is -3.24. The number of rotatable bonds is 8. The number of nitrogens with one attached hydrogen (secondary N) is 1. The quantitative estimate of drug-likeness (QED) is 0.709. The highest BCUT2D eigenvalue weighted by Gasteiger charge is 2.17. The molecule has 18 heavy (non-hydrogen) atoms. The normalized spacial score (nSPS) is 13.7. The highest BCUT2D eigenvalue weighted by atomic mass is 32.2. The van der Waals surface area contributed by atoms with Crippen LogP contribution in [0.25, 0.3) is 0 Å². The molecular formula is C11H21N3O2S2. The largest absolute Gasteiger partial charge is 0.330 e. The predicted molar refractivity (Wildman–Crippen MR) is 75.1 cm³/mol. The van der Waals surface area contributed by atoms with E-state index in [4.69, 9.17) is 5.73 Å². The van der Waals surface area contributed by atoms with Crippen LogP contribution >= 0.6 is 11.3 Å². The van der Waals surface area contributed by atoms with Crippen molar-refractivity contribution in [3.8, 4) is 0 Å². The van der Waals surface area contributed by atoms with Gasteiger partial charge in [0.15, 0.2) is 0 Å². The number of nitrogens with two attached hydrogens (primary N) is 1. The van der Waals surface area contributed by atoms with Crippen molar-refractivity contribution in [1.82, 2.24) is 9.71 Å². The number of thiazole rings is 1. The maximum Gasteiger partial charge on any atom is 0.212 e. The van der Waals surface area contributed by atoms with Gasteiger partial charge >= 0.3 is 0 Å². The molecule has 0 aliphatic heterocycles. The lowest BCUT2D eigenvalue weighted by molar-refractivity contribution is 0.562. The molecule has 1 aromatic heterocycles. The zero-order valence-corrected chi connectivity index (χ0v) is 12.5. The van der Waals surface area contributed by atoms with Gasteiger partial charge < -0.3 is 5.73 Å². The van der Waals surface area contributed by atoms with E-state index in [1.807, 2.05) is 6.92 Å². The molecule has 0 aliphatic rings. The summed E-state index contributed by atoms with van der Waals surface area (Å²) in [4.78, 5) is 5.41. The standard InChI is InChI=1S/C11H21N3O2S2/c1-3-10-8-13-11(17-10)9(2)14-18(15,16)7-5-4-6-12/h8-9,14H,3-7,12H2,1-2H3. The van der Waals surface area contributed by atoms with E-state index in [1.165, 1.54) is 4.88 Å². The summed E-state index contributed by atoms with van der Waals surface area (Å²) < 4.78 is 26.2. The summed E-state index contributed by atoms with van der Waals surface area (Å²) in [6, 6.07) is -0.266. The van der Waals surface area contributed by atoms with Crippen LogP contribution < -0.4 is 10.5 Å². The summed E-state index contributed by atoms with van der Waals surface area (Å²) in [6.45, 7) is 4.40. The number of hydrogen-bond donors (Lipinski definition) is 2. The van der Waals surface area contributed by atoms with Crippen LogP contribution in [0.15, 0.2) is 6.20 Å². The van der Waals surface area contributed by atoms with Gasteiger partial charge in [-0.1, -0.05) is 6.92 Å². The smallest absolute Gasteiger partial charge is 0.212 e. The SMILES string of the molecule is CCc1cnc(C(C)NS(=O)(=O)CCCCN)s1. The molecule has 3 N–H and O–H groups in total. The van der Waals surface area contributed by atoms with Crippen LogP contribution in [0.4, 0.5) is 0 Å². The van der Waals surface area contributed by atoms with E-state index in [0.717, 1.165) is 17.8 Å². The molecular weight excluding hydrogens is 270 g/mol. The van der Waals surface area contributed by atoms with Gasteiger partial charge in [0.25, 0.3) is 0 Å². The number of nitrogens with zero attached hydrogens (tertiary/aromatic N) is 1. The number of hydrogen-bond acceptors (Lipinski definition) is 5. The zero-order valence-electron chi connectivity index (χ0n) is 10.8. The molecule has 0 radical (unpaired) electrons. The van der Waals surface area contributed by atoms with Crippen molar-refractivity contribution in [2.24, 2.45) is 5.73 Å². The third-order valence-electron chi connectivity index (χ3n) is 2.51. The van der Waals surface area contributed by atoms with Crippen LogP contribution in [-0.2, 0) is 16.4 Å². The van der Waals surface area contributed by atoms with Crippen molar-refractivity contribution < 1.29 is 8.42 Å². The molecule has 7 heteroatoms. The molecule has 0 amide bonds. The number of sulfonamides is 1. The summed E-state index contributed by atoms with van der Waals surface area (Å²) in [5.74, 6) is 0.126. The Balaban J connectivity index is 2.55. The predicted octanol–water partition coefficient (Wildman–Crippen LogP) is 1.42. The molecule has 104 valence electrons. The fourth-order valence-corrected chi connectivity index (χ4v) is 3.79. The fraction of sp³-hybridized carbons (Fsp3) is 0.727. The maximum atomic E-state index is 11.8. The molecule has 0 spiro atoms.